The number of amides is 15. The molecule has 2 fully saturated rings. The van der Waals surface area contributed by atoms with Crippen LogP contribution < -0.4 is 131 Å². The Hall–Kier alpha value is -13.7. The summed E-state index contributed by atoms with van der Waals surface area (Å²) in [5, 5.41) is 86.8. The van der Waals surface area contributed by atoms with Crippen LogP contribution in [-0.2, 0) is 107 Å². The molecule has 47 nitrogen and oxygen atoms in total. The minimum Gasteiger partial charge on any atom is -0.370 e. The number of benzene rings is 3. The van der Waals surface area contributed by atoms with E-state index in [1.165, 1.54) is 28.5 Å². The Morgan fingerprint density at radius 1 is 0.486 bits per heavy atom. The molecule has 2 bridgehead atoms. The topological polar surface area (TPSA) is 784 Å². The molecular formula is C95H151N32O15S2+. The highest BCUT2D eigenvalue weighted by Crippen LogP contribution is 2.26. The number of primary amides is 1. The average Bonchev–Trinajstić information content (AvgIpc) is 1.65. The van der Waals surface area contributed by atoms with Crippen molar-refractivity contribution in [1.82, 2.24) is 105 Å². The Kier molecular flexibility index (Phi) is 49.4. The number of aromatic amines is 1. The number of aromatic nitrogens is 1. The van der Waals surface area contributed by atoms with Crippen molar-refractivity contribution < 1.29 is 71.9 Å². The summed E-state index contributed by atoms with van der Waals surface area (Å²) in [6, 6.07) is 4.79. The summed E-state index contributed by atoms with van der Waals surface area (Å²) in [6.45, 7) is 9.10. The van der Waals surface area contributed by atoms with Gasteiger partial charge in [-0.05, 0) is 168 Å². The van der Waals surface area contributed by atoms with Gasteiger partial charge in [0.2, 0.25) is 88.6 Å². The second-order valence-electron chi connectivity index (χ2n) is 37.2. The van der Waals surface area contributed by atoms with Gasteiger partial charge in [-0.1, -0.05) is 100 Å². The summed E-state index contributed by atoms with van der Waals surface area (Å²) in [6.07, 6.45) is 5.36. The third kappa shape index (κ3) is 40.2. The summed E-state index contributed by atoms with van der Waals surface area (Å²) < 4.78 is 0. The lowest BCUT2D eigenvalue weighted by molar-refractivity contribution is -0.142. The number of para-hydroxylation sites is 1. The Morgan fingerprint density at radius 3 is 1.44 bits per heavy atom. The van der Waals surface area contributed by atoms with Gasteiger partial charge in [0.1, 0.15) is 96.1 Å². The molecule has 3 aromatic carbocycles. The predicted molar refractivity (Wildman–Crippen MR) is 552 cm³/mol. The Bertz CT molecular complexity index is 5050. The minimum atomic E-state index is -1.54. The molecule has 4 heterocycles. The Balaban J connectivity index is 1.17. The van der Waals surface area contributed by atoms with Crippen LogP contribution in [0, 0.1) is 38.9 Å². The molecule has 4 aromatic rings. The predicted octanol–water partition coefficient (Wildman–Crippen LogP) is -3.51. The van der Waals surface area contributed by atoms with E-state index in [9.17, 15) is 28.8 Å². The SMILES string of the molecule is CC(=O)N1CCC[C@H]1C(=O)N[C@@H](CCCNC(=N)N)C(=O)N[C@H]1CC[S+](C)Cc2cccc(c2)CSC[C@@H](C(=O)N[C@@H](CCCCN)C(=O)N2CCC[C@H]2C(=O)N[C@@H](CCCNC(=N)N)C(=O)N[C@@H](CCCNC(=N)N)C(=O)N[C@@H](CCCNC(=N)N)C(=O)N[C@@H](CCCNC(=N)N)C(=O)N[C@@H](Cc2c[nH]c3ccccc23)C(N)=O)NC(=O)[C@H](C(C)C)NC(=O)[C@H](CC(C)C)NC(=O)[C@H](Cc2ccccc2)NC1=O. The number of nitrogens with one attached hydrogen (secondary N) is 23. The first-order valence-electron chi connectivity index (χ1n) is 49.0. The highest BCUT2D eigenvalue weighted by atomic mass is 32.2. The molecular weight excluding hydrogens is 1890 g/mol. The second-order valence-corrected chi connectivity index (χ2v) is 40.5. The lowest BCUT2D eigenvalue weighted by Gasteiger charge is -2.31. The van der Waals surface area contributed by atoms with Crippen molar-refractivity contribution in [1.29, 1.82) is 27.0 Å². The van der Waals surface area contributed by atoms with Gasteiger partial charge in [-0.2, -0.15) is 11.8 Å². The zero-order chi connectivity index (χ0) is 106. The average molecular weight is 2050 g/mol. The summed E-state index contributed by atoms with van der Waals surface area (Å²) in [4.78, 5) is 227. The standard InChI is InChI=1S/C95H150N32O15S2/c1-54(2)46-71-85(137)125-76(55(3)4)89(141)124-73(52-143-51-58-24-14-25-59(47-58)53-144(6)45-36-68(83(135)123-72(84(136)122-71)48-57-22-8-7-9-23-57)117-81(133)67(33-19-42-112-95(106)107)118-87(139)74-34-20-43-126(74)56(5)128)86(138)120-69(28-12-13-37-96)90(142)127-44-21-35-75(127)88(140)119-66(32-18-41-111-94(104)105)80(132)115-64(30-16-39-109-92(100)101)78(130)114-63(29-15-38-108-91(98)99)79(131)116-65(31-17-40-110-93(102)103)82(134)121-70(77(97)129)49-60-50-113-62-27-11-10-26-61(60)62/h7-11,14,22-27,47,50,54-55,63-76,113H,12-13,15-21,28-46,48-49,51-53,96H2,1-6H3,(H33-,97,98,99,100,101,102,103,104,105,106,107,108,109,110,111,112,114,115,116,117,118,119,120,121,122,123,124,125,129,130,131,132,133,134,135,136,137,138,139,140,141)/p+1/t63-,64-,65-,66-,67-,68-,69-,70-,71-,72-,73-,74-,75-,76-,144?/m0/s1. The Labute approximate surface area is 846 Å². The van der Waals surface area contributed by atoms with Gasteiger partial charge in [0.15, 0.2) is 29.8 Å². The maximum absolute atomic E-state index is 15.6. The molecule has 3 aliphatic rings. The fourth-order valence-corrected chi connectivity index (χ4v) is 19.7. The third-order valence-corrected chi connectivity index (χ3v) is 27.6. The number of thioether (sulfide) groups is 1. The van der Waals surface area contributed by atoms with Crippen LogP contribution >= 0.6 is 11.8 Å². The summed E-state index contributed by atoms with van der Waals surface area (Å²) in [5.41, 5.74) is 43.8. The van der Waals surface area contributed by atoms with Crippen LogP contribution in [0.3, 0.4) is 0 Å². The number of hydrogen-bond donors (Lipinski definition) is 30. The maximum atomic E-state index is 15.6. The molecule has 0 aliphatic carbocycles. The summed E-state index contributed by atoms with van der Waals surface area (Å²) in [7, 11) is -0.526. The van der Waals surface area contributed by atoms with Gasteiger partial charge in [0, 0.05) is 106 Å². The lowest BCUT2D eigenvalue weighted by atomic mass is 9.98. The number of unbranched alkanes of at least 4 members (excludes halogenated alkanes) is 1. The number of guanidine groups is 5. The van der Waals surface area contributed by atoms with Gasteiger partial charge in [-0.3, -0.25) is 99.0 Å². The molecule has 0 radical (unpaired) electrons. The first-order chi connectivity index (χ1) is 68.6. The zero-order valence-electron chi connectivity index (χ0n) is 83.0. The van der Waals surface area contributed by atoms with Crippen molar-refractivity contribution in [3.63, 3.8) is 0 Å². The number of nitrogens with zero attached hydrogens (tertiary/aromatic N) is 2. The van der Waals surface area contributed by atoms with E-state index in [0.29, 0.717) is 48.4 Å². The number of fused-ring (bicyclic) bond motifs is 3. The molecule has 0 saturated carbocycles. The molecule has 0 spiro atoms. The number of likely N-dealkylation sites (tertiary alicyclic amines) is 2. The molecule has 7 rings (SSSR count). The molecule has 792 valence electrons. The first-order valence-corrected chi connectivity index (χ1v) is 52.2. The largest absolute Gasteiger partial charge is 0.370 e. The van der Waals surface area contributed by atoms with Gasteiger partial charge >= 0.3 is 0 Å². The monoisotopic (exact) mass is 2040 g/mol. The van der Waals surface area contributed by atoms with Crippen molar-refractivity contribution >= 4 is 152 Å². The fraction of sp³-hybridized carbons (Fsp3) is 0.579. The van der Waals surface area contributed by atoms with E-state index < -0.39 is 202 Å². The molecule has 1 unspecified atom stereocenters. The summed E-state index contributed by atoms with van der Waals surface area (Å²) >= 11 is 1.28. The van der Waals surface area contributed by atoms with E-state index >= 15 is 43.2 Å². The van der Waals surface area contributed by atoms with Crippen LogP contribution in [0.2, 0.25) is 0 Å². The molecule has 15 atom stereocenters. The highest BCUT2D eigenvalue weighted by molar-refractivity contribution is 7.98. The second kappa shape index (κ2) is 60.6. The molecule has 3 aliphatic heterocycles. The van der Waals surface area contributed by atoms with Crippen molar-refractivity contribution in [2.45, 2.75) is 266 Å². The third-order valence-electron chi connectivity index (χ3n) is 24.7. The van der Waals surface area contributed by atoms with E-state index in [1.54, 1.807) is 56.4 Å². The fourth-order valence-electron chi connectivity index (χ4n) is 17.2. The van der Waals surface area contributed by atoms with Gasteiger partial charge in [0.05, 0.1) is 6.26 Å². The summed E-state index contributed by atoms with van der Waals surface area (Å²) in [5.74, 6) is -13.5. The number of carbonyl (C=O) groups excluding carboxylic acids is 15. The molecule has 15 amide bonds. The van der Waals surface area contributed by atoms with E-state index in [2.05, 4.69) is 95.4 Å². The van der Waals surface area contributed by atoms with Crippen molar-refractivity contribution in [2.24, 2.45) is 52.0 Å². The molecule has 49 heteroatoms. The van der Waals surface area contributed by atoms with Crippen LogP contribution in [0.15, 0.2) is 85.1 Å². The zero-order valence-corrected chi connectivity index (χ0v) is 84.7. The molecule has 2 saturated heterocycles. The van der Waals surface area contributed by atoms with Crippen molar-refractivity contribution in [2.75, 3.05) is 70.1 Å². The number of hydrogen-bond acceptors (Lipinski definition) is 22. The highest BCUT2D eigenvalue weighted by Gasteiger charge is 2.44. The normalized spacial score (nSPS) is 19.6. The first kappa shape index (κ1) is 117. The number of nitrogens with two attached hydrogens (primary N) is 7. The number of carbonyl (C=O) groups is 15. The van der Waals surface area contributed by atoms with Gasteiger partial charge < -0.3 is 145 Å². The van der Waals surface area contributed by atoms with Crippen LogP contribution in [0.4, 0.5) is 0 Å². The van der Waals surface area contributed by atoms with Crippen LogP contribution in [-0.4, -0.2) is 288 Å². The van der Waals surface area contributed by atoms with E-state index in [1.807, 2.05) is 62.6 Å². The van der Waals surface area contributed by atoms with Gasteiger partial charge in [0.25, 0.3) is 0 Å². The van der Waals surface area contributed by atoms with E-state index in [4.69, 9.17) is 67.2 Å². The molecule has 37 N–H and O–H groups in total. The quantitative estimate of drug-likeness (QED) is 0.00882. The minimum absolute atomic E-state index is 0.00257. The van der Waals surface area contributed by atoms with Crippen molar-refractivity contribution in [3.05, 3.63) is 107 Å². The van der Waals surface area contributed by atoms with Crippen LogP contribution in [0.1, 0.15) is 179 Å². The van der Waals surface area contributed by atoms with Gasteiger partial charge in [-0.25, -0.2) is 0 Å². The van der Waals surface area contributed by atoms with Crippen LogP contribution in [0.25, 0.3) is 10.9 Å². The number of H-pyrrole nitrogens is 1. The maximum Gasteiger partial charge on any atom is 0.245 e. The molecule has 1 aromatic heterocycles. The Morgan fingerprint density at radius 2 is 0.944 bits per heavy atom. The smallest absolute Gasteiger partial charge is 0.245 e. The number of rotatable bonds is 49. The molecule has 144 heavy (non-hydrogen) atoms. The van der Waals surface area contributed by atoms with E-state index in [0.717, 1.165) is 22.0 Å². The van der Waals surface area contributed by atoms with Gasteiger partial charge in [-0.15, -0.1) is 0 Å². The van der Waals surface area contributed by atoms with Crippen molar-refractivity contribution in [3.8, 4) is 0 Å². The van der Waals surface area contributed by atoms with E-state index in [-0.39, 0.29) is 197 Å². The lowest BCUT2D eigenvalue weighted by Crippen LogP contribution is -2.62. The van der Waals surface area contributed by atoms with Crippen LogP contribution in [0.5, 0.6) is 0 Å².